The van der Waals surface area contributed by atoms with Crippen molar-refractivity contribution in [2.45, 2.75) is 38.2 Å². The standard InChI is InChI=1S/C18H16F6N4S/c1-2-29-16(11-5-6-13-14(11)15(28-27-13)18(22,23)24)26-10-4-3-9(8-25)12(7-10)17(19,20)21/h3-4,7,11,13-14,27H,2,5-6H2,1H3/t11?,13-,14?/m1/s1. The molecule has 1 heterocycles. The van der Waals surface area contributed by atoms with Crippen molar-refractivity contribution in [2.24, 2.45) is 21.9 Å². The molecule has 2 aliphatic rings. The number of thioether (sulfide) groups is 1. The molecule has 1 fully saturated rings. The Bertz CT molecular complexity index is 884. The summed E-state index contributed by atoms with van der Waals surface area (Å²) in [6.07, 6.45) is -8.44. The van der Waals surface area contributed by atoms with Crippen molar-refractivity contribution in [3.8, 4) is 6.07 Å². The molecule has 1 aromatic rings. The first-order valence-electron chi connectivity index (χ1n) is 8.79. The monoisotopic (exact) mass is 434 g/mol. The van der Waals surface area contributed by atoms with Gasteiger partial charge in [-0.25, -0.2) is 4.99 Å². The molecule has 1 saturated carbocycles. The third-order valence-corrected chi connectivity index (χ3v) is 5.87. The van der Waals surface area contributed by atoms with Crippen LogP contribution in [0.4, 0.5) is 32.0 Å². The normalized spacial score (nSPS) is 24.7. The van der Waals surface area contributed by atoms with Crippen molar-refractivity contribution in [1.29, 1.82) is 5.26 Å². The van der Waals surface area contributed by atoms with Crippen LogP contribution < -0.4 is 5.43 Å². The van der Waals surface area contributed by atoms with Crippen LogP contribution >= 0.6 is 11.8 Å². The number of hydrogen-bond acceptors (Lipinski definition) is 5. The van der Waals surface area contributed by atoms with Gasteiger partial charge in [0.1, 0.15) is 5.71 Å². The van der Waals surface area contributed by atoms with Crippen molar-refractivity contribution in [3.63, 3.8) is 0 Å². The van der Waals surface area contributed by atoms with Gasteiger partial charge in [-0.1, -0.05) is 6.92 Å². The Kier molecular flexibility index (Phi) is 5.85. The van der Waals surface area contributed by atoms with Crippen molar-refractivity contribution in [2.75, 3.05) is 5.75 Å². The highest BCUT2D eigenvalue weighted by Crippen LogP contribution is 2.44. The maximum absolute atomic E-state index is 13.3. The van der Waals surface area contributed by atoms with E-state index in [1.54, 1.807) is 6.92 Å². The summed E-state index contributed by atoms with van der Waals surface area (Å²) in [7, 11) is 0. The molecule has 29 heavy (non-hydrogen) atoms. The second kappa shape index (κ2) is 7.89. The van der Waals surface area contributed by atoms with Crippen molar-refractivity contribution in [1.82, 2.24) is 5.43 Å². The maximum Gasteiger partial charge on any atom is 0.431 e. The van der Waals surface area contributed by atoms with Crippen molar-refractivity contribution in [3.05, 3.63) is 29.3 Å². The third-order valence-electron chi connectivity index (χ3n) is 4.89. The molecule has 0 saturated heterocycles. The van der Waals surface area contributed by atoms with Gasteiger partial charge in [-0.15, -0.1) is 11.8 Å². The van der Waals surface area contributed by atoms with Crippen molar-refractivity contribution < 1.29 is 26.3 Å². The number of alkyl halides is 6. The molecule has 0 radical (unpaired) electrons. The zero-order valence-corrected chi connectivity index (χ0v) is 15.9. The Morgan fingerprint density at radius 1 is 1.24 bits per heavy atom. The molecular formula is C18H16F6N4S. The molecule has 0 spiro atoms. The second-order valence-electron chi connectivity index (χ2n) is 6.66. The molecule has 1 aliphatic heterocycles. The summed E-state index contributed by atoms with van der Waals surface area (Å²) in [6, 6.07) is 4.07. The largest absolute Gasteiger partial charge is 0.431 e. The fraction of sp³-hybridized carbons (Fsp3) is 0.500. The van der Waals surface area contributed by atoms with Crippen LogP contribution in [0.3, 0.4) is 0 Å². The van der Waals surface area contributed by atoms with Gasteiger partial charge < -0.3 is 5.43 Å². The summed E-state index contributed by atoms with van der Waals surface area (Å²) in [4.78, 5) is 4.28. The molecule has 11 heteroatoms. The first kappa shape index (κ1) is 21.5. The summed E-state index contributed by atoms with van der Waals surface area (Å²) in [5, 5.41) is 12.7. The number of rotatable bonds is 3. The zero-order chi connectivity index (χ0) is 21.4. The lowest BCUT2D eigenvalue weighted by atomic mass is 9.90. The highest BCUT2D eigenvalue weighted by Gasteiger charge is 2.54. The summed E-state index contributed by atoms with van der Waals surface area (Å²) < 4.78 is 79.6. The van der Waals surface area contributed by atoms with Gasteiger partial charge in [0.2, 0.25) is 0 Å². The Labute approximate surface area is 167 Å². The van der Waals surface area contributed by atoms with E-state index in [0.29, 0.717) is 23.6 Å². The van der Waals surface area contributed by atoms with Gasteiger partial charge in [-0.3, -0.25) is 0 Å². The van der Waals surface area contributed by atoms with Gasteiger partial charge in [0.05, 0.1) is 34.0 Å². The number of fused-ring (bicyclic) bond motifs is 1. The predicted molar refractivity (Wildman–Crippen MR) is 98.0 cm³/mol. The number of hydrazone groups is 1. The maximum atomic E-state index is 13.3. The molecule has 1 aliphatic carbocycles. The average molecular weight is 434 g/mol. The van der Waals surface area contributed by atoms with Crippen molar-refractivity contribution >= 4 is 28.2 Å². The van der Waals surface area contributed by atoms with E-state index in [9.17, 15) is 26.3 Å². The van der Waals surface area contributed by atoms with E-state index >= 15 is 0 Å². The summed E-state index contributed by atoms with van der Waals surface area (Å²) in [5.74, 6) is -1.01. The van der Waals surface area contributed by atoms with E-state index in [1.165, 1.54) is 23.9 Å². The molecular weight excluding hydrogens is 418 g/mol. The van der Waals surface area contributed by atoms with E-state index in [2.05, 4.69) is 15.5 Å². The van der Waals surface area contributed by atoms with Crippen LogP contribution in [-0.4, -0.2) is 28.7 Å². The third kappa shape index (κ3) is 4.37. The van der Waals surface area contributed by atoms with Crippen LogP contribution in [0.2, 0.25) is 0 Å². The van der Waals surface area contributed by atoms with Crippen LogP contribution in [0, 0.1) is 23.2 Å². The van der Waals surface area contributed by atoms with E-state index in [-0.39, 0.29) is 5.69 Å². The summed E-state index contributed by atoms with van der Waals surface area (Å²) in [5.41, 5.74) is -0.0706. The highest BCUT2D eigenvalue weighted by molar-refractivity contribution is 8.13. The Morgan fingerprint density at radius 3 is 2.55 bits per heavy atom. The zero-order valence-electron chi connectivity index (χ0n) is 15.1. The summed E-state index contributed by atoms with van der Waals surface area (Å²) >= 11 is 1.21. The van der Waals surface area contributed by atoms with Crippen LogP contribution in [0.25, 0.3) is 0 Å². The number of nitrogens with one attached hydrogen (secondary N) is 1. The number of halogens is 6. The smallest absolute Gasteiger partial charge is 0.306 e. The highest BCUT2D eigenvalue weighted by atomic mass is 32.2. The quantitative estimate of drug-likeness (QED) is 0.400. The number of benzene rings is 1. The van der Waals surface area contributed by atoms with Gasteiger partial charge in [0, 0.05) is 11.8 Å². The molecule has 2 unspecified atom stereocenters. The lowest BCUT2D eigenvalue weighted by molar-refractivity contribution is -0.137. The number of aliphatic imine (C=N–C) groups is 1. The average Bonchev–Trinajstić information content (AvgIpc) is 3.21. The SMILES string of the molecule is CCSC(=Nc1ccc(C#N)c(C(F)(F)F)c1)C1CC[C@H]2NN=C(C(F)(F)F)C12. The van der Waals surface area contributed by atoms with Crippen LogP contribution in [-0.2, 0) is 6.18 Å². The Balaban J connectivity index is 2.00. The van der Waals surface area contributed by atoms with E-state index in [4.69, 9.17) is 5.26 Å². The molecule has 3 rings (SSSR count). The minimum absolute atomic E-state index is 0.0489. The van der Waals surface area contributed by atoms with E-state index < -0.39 is 47.1 Å². The number of hydrogen-bond donors (Lipinski definition) is 1. The fourth-order valence-electron chi connectivity index (χ4n) is 3.71. The first-order valence-corrected chi connectivity index (χ1v) is 9.77. The molecule has 0 amide bonds. The van der Waals surface area contributed by atoms with E-state index in [0.717, 1.165) is 12.1 Å². The van der Waals surface area contributed by atoms with Crippen LogP contribution in [0.15, 0.2) is 28.3 Å². The topological polar surface area (TPSA) is 60.5 Å². The lowest BCUT2D eigenvalue weighted by Gasteiger charge is -2.22. The predicted octanol–water partition coefficient (Wildman–Crippen LogP) is 5.28. The van der Waals surface area contributed by atoms with Gasteiger partial charge in [0.25, 0.3) is 0 Å². The number of nitrogens with zero attached hydrogens (tertiary/aromatic N) is 3. The van der Waals surface area contributed by atoms with Crippen LogP contribution in [0.1, 0.15) is 30.9 Å². The van der Waals surface area contributed by atoms with Gasteiger partial charge in [0.15, 0.2) is 0 Å². The van der Waals surface area contributed by atoms with Gasteiger partial charge in [-0.2, -0.15) is 36.7 Å². The van der Waals surface area contributed by atoms with E-state index in [1.807, 2.05) is 0 Å². The Hall–Kier alpha value is -2.22. The summed E-state index contributed by atoms with van der Waals surface area (Å²) in [6.45, 7) is 1.79. The number of nitriles is 1. The molecule has 1 aromatic carbocycles. The molecule has 0 aromatic heterocycles. The second-order valence-corrected chi connectivity index (χ2v) is 7.95. The molecule has 3 atom stereocenters. The minimum Gasteiger partial charge on any atom is -0.306 e. The van der Waals surface area contributed by atoms with Gasteiger partial charge >= 0.3 is 12.4 Å². The fourth-order valence-corrected chi connectivity index (χ4v) is 4.66. The lowest BCUT2D eigenvalue weighted by Crippen LogP contribution is -2.37. The molecule has 4 nitrogen and oxygen atoms in total. The molecule has 0 bridgehead atoms. The minimum atomic E-state index is -4.74. The first-order chi connectivity index (χ1) is 13.6. The van der Waals surface area contributed by atoms with Crippen LogP contribution in [0.5, 0.6) is 0 Å². The van der Waals surface area contributed by atoms with Gasteiger partial charge in [-0.05, 0) is 36.8 Å². The Morgan fingerprint density at radius 2 is 1.97 bits per heavy atom. The molecule has 1 N–H and O–H groups in total. The molecule has 156 valence electrons.